The molecule has 0 aliphatic carbocycles. The minimum absolute atomic E-state index is 0.937. The van der Waals surface area contributed by atoms with E-state index in [1.54, 1.807) is 0 Å². The topological polar surface area (TPSA) is 0 Å². The molecule has 0 aromatic heterocycles. The van der Waals surface area contributed by atoms with Crippen LogP contribution >= 0.6 is 0 Å². The van der Waals surface area contributed by atoms with Crippen molar-refractivity contribution in [3.63, 3.8) is 0 Å². The van der Waals surface area contributed by atoms with Crippen LogP contribution in [0.3, 0.4) is 0 Å². The summed E-state index contributed by atoms with van der Waals surface area (Å²) in [6, 6.07) is 9.63. The Bertz CT molecular complexity index is 508. The first-order chi connectivity index (χ1) is 6.93. The van der Waals surface area contributed by atoms with E-state index in [1.165, 1.54) is 0 Å². The maximum atomic E-state index is 4.91. The summed E-state index contributed by atoms with van der Waals surface area (Å²) in [5.41, 5.74) is 0.937. The molecule has 0 saturated carbocycles. The predicted octanol–water partition coefficient (Wildman–Crippen LogP) is 1.68. The van der Waals surface area contributed by atoms with Crippen molar-refractivity contribution in [1.82, 2.24) is 0 Å². The summed E-state index contributed by atoms with van der Waals surface area (Å²) in [6.07, 6.45) is 4.91. The van der Waals surface area contributed by atoms with Gasteiger partial charge in [-0.1, -0.05) is 24.1 Å². The van der Waals surface area contributed by atoms with E-state index in [1.807, 2.05) is 30.3 Å². The Balaban J connectivity index is 2.66. The molecule has 0 aliphatic heterocycles. The molecule has 0 nitrogen and oxygen atoms in total. The van der Waals surface area contributed by atoms with Crippen LogP contribution in [0.5, 0.6) is 0 Å². The molecule has 0 heteroatoms. The van der Waals surface area contributed by atoms with Crippen LogP contribution in [0, 0.1) is 47.9 Å². The Morgan fingerprint density at radius 1 is 0.786 bits per heavy atom. The molecular weight excluding hydrogens is 168 g/mol. The van der Waals surface area contributed by atoms with Gasteiger partial charge in [0.05, 0.1) is 0 Å². The molecule has 0 saturated heterocycles. The molecule has 0 spiro atoms. The second-order valence-corrected chi connectivity index (χ2v) is 2.26. The lowest BCUT2D eigenvalue weighted by Crippen LogP contribution is -1.68. The lowest BCUT2D eigenvalue weighted by atomic mass is 10.2. The van der Waals surface area contributed by atoms with Gasteiger partial charge in [0, 0.05) is 5.56 Å². The summed E-state index contributed by atoms with van der Waals surface area (Å²) in [5.74, 6) is 17.7. The van der Waals surface area contributed by atoms with Crippen molar-refractivity contribution in [2.75, 3.05) is 0 Å². The van der Waals surface area contributed by atoms with Gasteiger partial charge in [0.1, 0.15) is 0 Å². The van der Waals surface area contributed by atoms with Crippen molar-refractivity contribution in [2.45, 2.75) is 0 Å². The highest BCUT2D eigenvalue weighted by atomic mass is 13.8. The van der Waals surface area contributed by atoms with E-state index in [-0.39, 0.29) is 0 Å². The molecule has 0 amide bonds. The van der Waals surface area contributed by atoms with Crippen molar-refractivity contribution in [3.8, 4) is 47.9 Å². The first-order valence-electron chi connectivity index (χ1n) is 3.95. The SMILES string of the molecule is C#CC#CC#CC#Cc1ccccc1. The Labute approximate surface area is 84.3 Å². The smallest absolute Gasteiger partial charge is 0.0255 e. The highest BCUT2D eigenvalue weighted by Crippen LogP contribution is 1.93. The molecule has 1 rings (SSSR count). The van der Waals surface area contributed by atoms with Crippen LogP contribution in [0.15, 0.2) is 30.3 Å². The van der Waals surface area contributed by atoms with Crippen LogP contribution in [0.1, 0.15) is 5.56 Å². The highest BCUT2D eigenvalue weighted by molar-refractivity contribution is 5.43. The van der Waals surface area contributed by atoms with E-state index >= 15 is 0 Å². The van der Waals surface area contributed by atoms with Gasteiger partial charge in [-0.2, -0.15) is 0 Å². The summed E-state index contributed by atoms with van der Waals surface area (Å²) < 4.78 is 0. The molecule has 0 aliphatic rings. The molecule has 62 valence electrons. The van der Waals surface area contributed by atoms with Crippen LogP contribution in [0.4, 0.5) is 0 Å². The summed E-state index contributed by atoms with van der Waals surface area (Å²) in [7, 11) is 0. The molecule has 0 heterocycles. The van der Waals surface area contributed by atoms with Gasteiger partial charge in [0.2, 0.25) is 0 Å². The first kappa shape index (κ1) is 9.55. The normalized spacial score (nSPS) is 6.21. The summed E-state index contributed by atoms with van der Waals surface area (Å²) in [4.78, 5) is 0. The monoisotopic (exact) mass is 174 g/mol. The zero-order valence-corrected chi connectivity index (χ0v) is 7.46. The van der Waals surface area contributed by atoms with Crippen molar-refractivity contribution in [2.24, 2.45) is 0 Å². The second-order valence-electron chi connectivity index (χ2n) is 2.26. The van der Waals surface area contributed by atoms with Crippen LogP contribution in [-0.4, -0.2) is 0 Å². The number of benzene rings is 1. The molecular formula is C14H6. The van der Waals surface area contributed by atoms with Gasteiger partial charge in [0.15, 0.2) is 0 Å². The van der Waals surface area contributed by atoms with Crippen molar-refractivity contribution in [3.05, 3.63) is 35.9 Å². The standard InChI is InChI=1S/C14H6/c1-2-3-4-5-6-8-11-14-12-9-7-10-13-14/h1,7,9-10,12-13H. The predicted molar refractivity (Wildman–Crippen MR) is 57.7 cm³/mol. The lowest BCUT2D eigenvalue weighted by molar-refractivity contribution is 1.65. The minimum atomic E-state index is 0.937. The maximum absolute atomic E-state index is 4.91. The van der Waals surface area contributed by atoms with Gasteiger partial charge in [-0.25, -0.2) is 0 Å². The van der Waals surface area contributed by atoms with Crippen molar-refractivity contribution < 1.29 is 0 Å². The fourth-order valence-electron chi connectivity index (χ4n) is 0.755. The van der Waals surface area contributed by atoms with Crippen molar-refractivity contribution >= 4 is 0 Å². The fourth-order valence-corrected chi connectivity index (χ4v) is 0.755. The molecule has 14 heavy (non-hydrogen) atoms. The van der Waals surface area contributed by atoms with E-state index in [2.05, 4.69) is 41.4 Å². The van der Waals surface area contributed by atoms with Gasteiger partial charge in [-0.3, -0.25) is 0 Å². The zero-order valence-electron chi connectivity index (χ0n) is 7.46. The molecule has 0 N–H and O–H groups in total. The average molecular weight is 174 g/mol. The highest BCUT2D eigenvalue weighted by Gasteiger charge is 1.78. The lowest BCUT2D eigenvalue weighted by Gasteiger charge is -1.83. The Hall–Kier alpha value is -2.54. The van der Waals surface area contributed by atoms with E-state index in [4.69, 9.17) is 6.42 Å². The number of rotatable bonds is 0. The molecule has 0 bridgehead atoms. The van der Waals surface area contributed by atoms with E-state index in [0.29, 0.717) is 0 Å². The first-order valence-corrected chi connectivity index (χ1v) is 3.95. The average Bonchev–Trinajstić information content (AvgIpc) is 2.25. The second kappa shape index (κ2) is 6.03. The molecule has 0 fully saturated rings. The third-order valence-electron chi connectivity index (χ3n) is 1.30. The maximum Gasteiger partial charge on any atom is 0.0255 e. The number of hydrogen-bond donors (Lipinski definition) is 0. The van der Waals surface area contributed by atoms with Crippen molar-refractivity contribution in [1.29, 1.82) is 0 Å². The van der Waals surface area contributed by atoms with Gasteiger partial charge >= 0.3 is 0 Å². The largest absolute Gasteiger partial charge is 0.106 e. The van der Waals surface area contributed by atoms with Crippen LogP contribution in [0.2, 0.25) is 0 Å². The summed E-state index contributed by atoms with van der Waals surface area (Å²) >= 11 is 0. The van der Waals surface area contributed by atoms with Gasteiger partial charge in [-0.15, -0.1) is 6.42 Å². The van der Waals surface area contributed by atoms with E-state index in [9.17, 15) is 0 Å². The van der Waals surface area contributed by atoms with Gasteiger partial charge in [-0.05, 0) is 47.7 Å². The minimum Gasteiger partial charge on any atom is -0.106 e. The van der Waals surface area contributed by atoms with Crippen LogP contribution in [-0.2, 0) is 0 Å². The third-order valence-corrected chi connectivity index (χ3v) is 1.30. The molecule has 0 atom stereocenters. The van der Waals surface area contributed by atoms with Gasteiger partial charge < -0.3 is 0 Å². The zero-order chi connectivity index (χ0) is 10.1. The summed E-state index contributed by atoms with van der Waals surface area (Å²) in [5, 5.41) is 0. The number of terminal acetylenes is 1. The number of hydrogen-bond acceptors (Lipinski definition) is 0. The molecule has 1 aromatic carbocycles. The molecule has 1 aromatic rings. The molecule has 0 radical (unpaired) electrons. The van der Waals surface area contributed by atoms with Crippen LogP contribution in [0.25, 0.3) is 0 Å². The third kappa shape index (κ3) is 3.74. The van der Waals surface area contributed by atoms with E-state index in [0.717, 1.165) is 5.56 Å². The Morgan fingerprint density at radius 2 is 1.43 bits per heavy atom. The Morgan fingerprint density at radius 3 is 2.14 bits per heavy atom. The Kier molecular flexibility index (Phi) is 4.11. The summed E-state index contributed by atoms with van der Waals surface area (Å²) in [6.45, 7) is 0. The van der Waals surface area contributed by atoms with Gasteiger partial charge in [0.25, 0.3) is 0 Å². The quantitative estimate of drug-likeness (QED) is 0.525. The fraction of sp³-hybridized carbons (Fsp3) is 0. The molecule has 0 unspecified atom stereocenters. The van der Waals surface area contributed by atoms with E-state index < -0.39 is 0 Å². The van der Waals surface area contributed by atoms with Crippen LogP contribution < -0.4 is 0 Å².